The molecule has 0 spiro atoms. The number of hydrogen-bond donors (Lipinski definition) is 2. The number of aromatic nitrogens is 1. The lowest BCUT2D eigenvalue weighted by Crippen LogP contribution is -2.51. The molecule has 0 radical (unpaired) electrons. The molecule has 1 rings (SSSR count). The van der Waals surface area contributed by atoms with Gasteiger partial charge in [-0.15, -0.1) is 0 Å². The number of urea groups is 1. The number of rotatable bonds is 6. The maximum Gasteiger partial charge on any atom is 0.317 e. The van der Waals surface area contributed by atoms with Crippen LogP contribution in [-0.4, -0.2) is 45.6 Å². The molecule has 0 unspecified atom stereocenters. The summed E-state index contributed by atoms with van der Waals surface area (Å²) in [6.07, 6.45) is 4.09. The molecule has 0 aliphatic heterocycles. The van der Waals surface area contributed by atoms with Gasteiger partial charge >= 0.3 is 12.0 Å². The highest BCUT2D eigenvalue weighted by Gasteiger charge is 2.26. The molecule has 1 aromatic heterocycles. The van der Waals surface area contributed by atoms with Gasteiger partial charge in [0.1, 0.15) is 0 Å². The summed E-state index contributed by atoms with van der Waals surface area (Å²) in [6.45, 7) is 6.34. The molecule has 6 heteroatoms. The van der Waals surface area contributed by atoms with Crippen molar-refractivity contribution >= 4 is 12.0 Å². The first-order chi connectivity index (χ1) is 9.80. The largest absolute Gasteiger partial charge is 0.481 e. The van der Waals surface area contributed by atoms with E-state index < -0.39 is 11.5 Å². The molecule has 116 valence electrons. The van der Waals surface area contributed by atoms with E-state index in [2.05, 4.69) is 10.3 Å². The second-order valence-electron chi connectivity index (χ2n) is 5.81. The van der Waals surface area contributed by atoms with E-state index in [4.69, 9.17) is 5.11 Å². The van der Waals surface area contributed by atoms with Gasteiger partial charge < -0.3 is 15.3 Å². The Bertz CT molecular complexity index is 469. The molecule has 2 amide bonds. The van der Waals surface area contributed by atoms with Crippen LogP contribution in [0.5, 0.6) is 0 Å². The number of hydrogen-bond acceptors (Lipinski definition) is 3. The maximum absolute atomic E-state index is 12.2. The van der Waals surface area contributed by atoms with Crippen LogP contribution in [0.2, 0.25) is 0 Å². The Hall–Kier alpha value is -2.11. The zero-order chi connectivity index (χ0) is 15.9. The first-order valence-electron chi connectivity index (χ1n) is 6.97. The summed E-state index contributed by atoms with van der Waals surface area (Å²) < 4.78 is 0. The van der Waals surface area contributed by atoms with Gasteiger partial charge in [0.2, 0.25) is 0 Å². The fourth-order valence-electron chi connectivity index (χ4n) is 1.90. The molecule has 1 heterocycles. The van der Waals surface area contributed by atoms with Gasteiger partial charge in [-0.05, 0) is 38.8 Å². The standard InChI is InChI=1S/C15H23N3O3/c1-15(2,3)18(10-7-13(19)20)14(21)17-9-6-12-5-4-8-16-11-12/h4-5,8,11H,6-7,9-10H2,1-3H3,(H,17,21)(H,19,20). The number of amides is 2. The second-order valence-corrected chi connectivity index (χ2v) is 5.81. The van der Waals surface area contributed by atoms with Gasteiger partial charge in [0.15, 0.2) is 0 Å². The van der Waals surface area contributed by atoms with Crippen molar-refractivity contribution in [2.75, 3.05) is 13.1 Å². The molecule has 0 aliphatic rings. The lowest BCUT2D eigenvalue weighted by Gasteiger charge is -2.35. The summed E-state index contributed by atoms with van der Waals surface area (Å²) in [7, 11) is 0. The van der Waals surface area contributed by atoms with Crippen LogP contribution in [0.15, 0.2) is 24.5 Å². The number of carboxylic acid groups (broad SMARTS) is 1. The van der Waals surface area contributed by atoms with Gasteiger partial charge in [0.25, 0.3) is 0 Å². The SMILES string of the molecule is CC(C)(C)N(CCC(=O)O)C(=O)NCCc1cccnc1. The van der Waals surface area contributed by atoms with Crippen molar-refractivity contribution in [3.63, 3.8) is 0 Å². The van der Waals surface area contributed by atoms with Gasteiger partial charge in [-0.3, -0.25) is 9.78 Å². The minimum absolute atomic E-state index is 0.0622. The van der Waals surface area contributed by atoms with Crippen molar-refractivity contribution in [3.05, 3.63) is 30.1 Å². The van der Waals surface area contributed by atoms with Crippen molar-refractivity contribution in [1.29, 1.82) is 0 Å². The minimum Gasteiger partial charge on any atom is -0.481 e. The fraction of sp³-hybridized carbons (Fsp3) is 0.533. The summed E-state index contributed by atoms with van der Waals surface area (Å²) in [5.41, 5.74) is 0.624. The maximum atomic E-state index is 12.2. The zero-order valence-electron chi connectivity index (χ0n) is 12.8. The smallest absolute Gasteiger partial charge is 0.317 e. The van der Waals surface area contributed by atoms with Gasteiger partial charge in [-0.2, -0.15) is 0 Å². The number of nitrogens with zero attached hydrogens (tertiary/aromatic N) is 2. The Morgan fingerprint density at radius 3 is 2.62 bits per heavy atom. The first-order valence-corrected chi connectivity index (χ1v) is 6.97. The highest BCUT2D eigenvalue weighted by Crippen LogP contribution is 2.13. The summed E-state index contributed by atoms with van der Waals surface area (Å²) in [4.78, 5) is 28.4. The predicted octanol–water partition coefficient (Wildman–Crippen LogP) is 1.91. The van der Waals surface area contributed by atoms with Crippen LogP contribution in [0, 0.1) is 0 Å². The van der Waals surface area contributed by atoms with Crippen LogP contribution < -0.4 is 5.32 Å². The third-order valence-corrected chi connectivity index (χ3v) is 3.02. The quantitative estimate of drug-likeness (QED) is 0.839. The van der Waals surface area contributed by atoms with Crippen LogP contribution in [0.3, 0.4) is 0 Å². The number of aliphatic carboxylic acids is 1. The van der Waals surface area contributed by atoms with Crippen molar-refractivity contribution in [3.8, 4) is 0 Å². The highest BCUT2D eigenvalue weighted by molar-refractivity contribution is 5.76. The normalized spacial score (nSPS) is 11.0. The molecule has 0 aliphatic carbocycles. The molecule has 0 fully saturated rings. The fourth-order valence-corrected chi connectivity index (χ4v) is 1.90. The third-order valence-electron chi connectivity index (χ3n) is 3.02. The molecular weight excluding hydrogens is 270 g/mol. The lowest BCUT2D eigenvalue weighted by atomic mass is 10.1. The van der Waals surface area contributed by atoms with Gasteiger partial charge in [0, 0.05) is 31.0 Å². The molecule has 0 aromatic carbocycles. The summed E-state index contributed by atoms with van der Waals surface area (Å²) >= 11 is 0. The Morgan fingerprint density at radius 2 is 2.10 bits per heavy atom. The van der Waals surface area contributed by atoms with Crippen LogP contribution in [0.4, 0.5) is 4.79 Å². The molecule has 0 atom stereocenters. The van der Waals surface area contributed by atoms with Gasteiger partial charge in [-0.25, -0.2) is 4.79 Å². The zero-order valence-corrected chi connectivity index (χ0v) is 12.8. The molecule has 2 N–H and O–H groups in total. The minimum atomic E-state index is -0.910. The second kappa shape index (κ2) is 7.61. The van der Waals surface area contributed by atoms with E-state index >= 15 is 0 Å². The van der Waals surface area contributed by atoms with Gasteiger partial charge in [-0.1, -0.05) is 6.07 Å². The number of carbonyl (C=O) groups is 2. The van der Waals surface area contributed by atoms with Crippen LogP contribution in [0.1, 0.15) is 32.8 Å². The Morgan fingerprint density at radius 1 is 1.38 bits per heavy atom. The molecular formula is C15H23N3O3. The van der Waals surface area contributed by atoms with E-state index in [0.717, 1.165) is 5.56 Å². The molecule has 21 heavy (non-hydrogen) atoms. The molecule has 1 aromatic rings. The van der Waals surface area contributed by atoms with E-state index in [9.17, 15) is 9.59 Å². The van der Waals surface area contributed by atoms with E-state index in [1.807, 2.05) is 32.9 Å². The van der Waals surface area contributed by atoms with Gasteiger partial charge in [0.05, 0.1) is 6.42 Å². The highest BCUT2D eigenvalue weighted by atomic mass is 16.4. The van der Waals surface area contributed by atoms with Crippen molar-refractivity contribution in [2.24, 2.45) is 0 Å². The monoisotopic (exact) mass is 293 g/mol. The Labute approximate surface area is 125 Å². The summed E-state index contributed by atoms with van der Waals surface area (Å²) in [5.74, 6) is -0.910. The Balaban J connectivity index is 2.50. The average molecular weight is 293 g/mol. The van der Waals surface area contributed by atoms with E-state index in [1.165, 1.54) is 0 Å². The lowest BCUT2D eigenvalue weighted by molar-refractivity contribution is -0.137. The van der Waals surface area contributed by atoms with Crippen LogP contribution >= 0.6 is 0 Å². The molecule has 6 nitrogen and oxygen atoms in total. The van der Waals surface area contributed by atoms with Crippen molar-refractivity contribution in [2.45, 2.75) is 39.2 Å². The topological polar surface area (TPSA) is 82.5 Å². The van der Waals surface area contributed by atoms with E-state index in [0.29, 0.717) is 13.0 Å². The summed E-state index contributed by atoms with van der Waals surface area (Å²) in [5, 5.41) is 11.6. The van der Waals surface area contributed by atoms with Crippen molar-refractivity contribution < 1.29 is 14.7 Å². The predicted molar refractivity (Wildman–Crippen MR) is 80.1 cm³/mol. The number of pyridine rings is 1. The van der Waals surface area contributed by atoms with Crippen molar-refractivity contribution in [1.82, 2.24) is 15.2 Å². The number of nitrogens with one attached hydrogen (secondary N) is 1. The van der Waals surface area contributed by atoms with Crippen LogP contribution in [-0.2, 0) is 11.2 Å². The molecule has 0 saturated carbocycles. The molecule has 0 bridgehead atoms. The third kappa shape index (κ3) is 6.25. The molecule has 0 saturated heterocycles. The summed E-state index contributed by atoms with van der Waals surface area (Å²) in [6, 6.07) is 3.56. The van der Waals surface area contributed by atoms with Crippen LogP contribution in [0.25, 0.3) is 0 Å². The Kier molecular flexibility index (Phi) is 6.14. The first kappa shape index (κ1) is 16.9. The average Bonchev–Trinajstić information content (AvgIpc) is 2.38. The number of carbonyl (C=O) groups excluding carboxylic acids is 1. The van der Waals surface area contributed by atoms with E-state index in [-0.39, 0.29) is 19.0 Å². The van der Waals surface area contributed by atoms with E-state index in [1.54, 1.807) is 17.3 Å². The number of carboxylic acids is 1.